The number of ether oxygens (including phenoxy) is 2. The number of hydrogen-bond donors (Lipinski definition) is 1. The van der Waals surface area contributed by atoms with E-state index in [0.29, 0.717) is 23.8 Å². The highest BCUT2D eigenvalue weighted by Crippen LogP contribution is 2.33. The van der Waals surface area contributed by atoms with E-state index in [1.165, 1.54) is 0 Å². The van der Waals surface area contributed by atoms with Crippen molar-refractivity contribution in [3.8, 4) is 11.5 Å². The van der Waals surface area contributed by atoms with Crippen LogP contribution in [0.15, 0.2) is 59.1 Å². The van der Waals surface area contributed by atoms with Crippen LogP contribution < -0.4 is 14.8 Å². The summed E-state index contributed by atoms with van der Waals surface area (Å²) in [6.07, 6.45) is 0. The highest BCUT2D eigenvalue weighted by molar-refractivity contribution is 9.10. The molecule has 1 amide bonds. The fraction of sp³-hybridized carbons (Fsp3) is 0.318. The van der Waals surface area contributed by atoms with Gasteiger partial charge in [-0.2, -0.15) is 0 Å². The molecule has 5 heteroatoms. The van der Waals surface area contributed by atoms with Crippen molar-refractivity contribution in [3.63, 3.8) is 0 Å². The van der Waals surface area contributed by atoms with Gasteiger partial charge in [-0.15, -0.1) is 0 Å². The lowest BCUT2D eigenvalue weighted by atomic mass is 9.86. The first-order chi connectivity index (χ1) is 12.6. The third-order valence-electron chi connectivity index (χ3n) is 3.71. The van der Waals surface area contributed by atoms with Gasteiger partial charge in [-0.3, -0.25) is 4.79 Å². The van der Waals surface area contributed by atoms with Gasteiger partial charge in [-0.05, 0) is 48.2 Å². The zero-order chi connectivity index (χ0) is 20.0. The molecule has 0 spiro atoms. The van der Waals surface area contributed by atoms with Crippen LogP contribution in [0.5, 0.6) is 11.5 Å². The van der Waals surface area contributed by atoms with Gasteiger partial charge in [-0.25, -0.2) is 0 Å². The molecule has 0 aromatic heterocycles. The van der Waals surface area contributed by atoms with Gasteiger partial charge in [0.15, 0.2) is 6.61 Å². The first kappa shape index (κ1) is 21.0. The van der Waals surface area contributed by atoms with Crippen LogP contribution in [-0.4, -0.2) is 19.1 Å². The van der Waals surface area contributed by atoms with Crippen molar-refractivity contribution >= 4 is 27.5 Å². The number of benzene rings is 2. The summed E-state index contributed by atoms with van der Waals surface area (Å²) in [6, 6.07) is 13.1. The van der Waals surface area contributed by atoms with Crippen LogP contribution in [0.4, 0.5) is 5.69 Å². The maximum atomic E-state index is 12.3. The number of hydrogen-bond acceptors (Lipinski definition) is 3. The summed E-state index contributed by atoms with van der Waals surface area (Å²) in [4.78, 5) is 12.3. The highest BCUT2D eigenvalue weighted by atomic mass is 79.9. The minimum Gasteiger partial charge on any atom is -0.489 e. The SMILES string of the molecule is C=C(C)COc1cccc(NC(=O)COc2ccc(Br)cc2C(C)(C)C)c1. The second-order valence-corrected chi connectivity index (χ2v) is 8.42. The molecule has 2 rings (SSSR count). The Balaban J connectivity index is 1.99. The number of anilines is 1. The van der Waals surface area contributed by atoms with Crippen LogP contribution in [0.25, 0.3) is 0 Å². The van der Waals surface area contributed by atoms with Crippen molar-refractivity contribution in [1.29, 1.82) is 0 Å². The molecule has 0 saturated heterocycles. The molecular formula is C22H26BrNO3. The predicted octanol–water partition coefficient (Wildman–Crippen LogP) is 5.72. The van der Waals surface area contributed by atoms with E-state index in [9.17, 15) is 4.79 Å². The van der Waals surface area contributed by atoms with E-state index >= 15 is 0 Å². The fourth-order valence-electron chi connectivity index (χ4n) is 2.42. The largest absolute Gasteiger partial charge is 0.489 e. The van der Waals surface area contributed by atoms with Crippen LogP contribution in [0.2, 0.25) is 0 Å². The first-order valence-electron chi connectivity index (χ1n) is 8.75. The summed E-state index contributed by atoms with van der Waals surface area (Å²) in [6.45, 7) is 12.4. The Labute approximate surface area is 169 Å². The normalized spacial score (nSPS) is 11.0. The van der Waals surface area contributed by atoms with Crippen molar-refractivity contribution in [2.75, 3.05) is 18.5 Å². The lowest BCUT2D eigenvalue weighted by molar-refractivity contribution is -0.118. The lowest BCUT2D eigenvalue weighted by Gasteiger charge is -2.23. The van der Waals surface area contributed by atoms with Gasteiger partial charge in [0.25, 0.3) is 5.91 Å². The molecule has 2 aromatic rings. The van der Waals surface area contributed by atoms with Gasteiger partial charge in [0.05, 0.1) is 0 Å². The van der Waals surface area contributed by atoms with E-state index in [2.05, 4.69) is 48.6 Å². The Morgan fingerprint density at radius 1 is 1.11 bits per heavy atom. The van der Waals surface area contributed by atoms with Gasteiger partial charge in [0.2, 0.25) is 0 Å². The van der Waals surface area contributed by atoms with E-state index < -0.39 is 0 Å². The predicted molar refractivity (Wildman–Crippen MR) is 114 cm³/mol. The second-order valence-electron chi connectivity index (χ2n) is 7.50. The zero-order valence-corrected chi connectivity index (χ0v) is 17.9. The van der Waals surface area contributed by atoms with E-state index in [0.717, 1.165) is 15.6 Å². The van der Waals surface area contributed by atoms with Crippen LogP contribution >= 0.6 is 15.9 Å². The van der Waals surface area contributed by atoms with Gasteiger partial charge in [-0.1, -0.05) is 49.3 Å². The van der Waals surface area contributed by atoms with Gasteiger partial charge in [0, 0.05) is 21.8 Å². The van der Waals surface area contributed by atoms with Crippen LogP contribution in [0.1, 0.15) is 33.3 Å². The Morgan fingerprint density at radius 2 is 1.85 bits per heavy atom. The second kappa shape index (κ2) is 9.09. The number of amides is 1. The molecule has 0 radical (unpaired) electrons. The summed E-state index contributed by atoms with van der Waals surface area (Å²) < 4.78 is 12.4. The molecule has 0 aliphatic rings. The monoisotopic (exact) mass is 431 g/mol. The molecule has 0 aliphatic carbocycles. The molecular weight excluding hydrogens is 406 g/mol. The summed E-state index contributed by atoms with van der Waals surface area (Å²) in [5, 5.41) is 2.83. The molecule has 0 saturated carbocycles. The topological polar surface area (TPSA) is 47.6 Å². The van der Waals surface area contributed by atoms with Gasteiger partial charge < -0.3 is 14.8 Å². The number of nitrogens with one attached hydrogen (secondary N) is 1. The van der Waals surface area contributed by atoms with Gasteiger partial charge >= 0.3 is 0 Å². The molecule has 1 N–H and O–H groups in total. The van der Waals surface area contributed by atoms with E-state index in [-0.39, 0.29) is 17.9 Å². The average Bonchev–Trinajstić information content (AvgIpc) is 2.58. The van der Waals surface area contributed by atoms with E-state index in [1.807, 2.05) is 43.3 Å². The Morgan fingerprint density at radius 3 is 2.52 bits per heavy atom. The molecule has 0 heterocycles. The number of carbonyl (C=O) groups is 1. The highest BCUT2D eigenvalue weighted by Gasteiger charge is 2.20. The summed E-state index contributed by atoms with van der Waals surface area (Å²) in [7, 11) is 0. The summed E-state index contributed by atoms with van der Waals surface area (Å²) in [5.41, 5.74) is 2.54. The molecule has 0 bridgehead atoms. The Bertz CT molecular complexity index is 825. The third-order valence-corrected chi connectivity index (χ3v) is 4.20. The van der Waals surface area contributed by atoms with Crippen molar-refractivity contribution in [1.82, 2.24) is 0 Å². The van der Waals surface area contributed by atoms with E-state index in [4.69, 9.17) is 9.47 Å². The maximum Gasteiger partial charge on any atom is 0.262 e. The standard InChI is InChI=1S/C22H26BrNO3/c1-15(2)13-26-18-8-6-7-17(12-18)24-21(25)14-27-20-10-9-16(23)11-19(20)22(3,4)5/h6-12H,1,13-14H2,2-5H3,(H,24,25). The van der Waals surface area contributed by atoms with Crippen LogP contribution in [0.3, 0.4) is 0 Å². The minimum atomic E-state index is -0.227. The number of carbonyl (C=O) groups excluding carboxylic acids is 1. The fourth-order valence-corrected chi connectivity index (χ4v) is 2.79. The average molecular weight is 432 g/mol. The molecule has 0 fully saturated rings. The third kappa shape index (κ3) is 6.75. The number of halogens is 1. The molecule has 27 heavy (non-hydrogen) atoms. The Hall–Kier alpha value is -2.27. The minimum absolute atomic E-state index is 0.0679. The molecule has 0 aliphatic heterocycles. The van der Waals surface area contributed by atoms with Crippen molar-refractivity contribution in [3.05, 3.63) is 64.7 Å². The van der Waals surface area contributed by atoms with Crippen LogP contribution in [0, 0.1) is 0 Å². The summed E-state index contributed by atoms with van der Waals surface area (Å²) >= 11 is 3.49. The van der Waals surface area contributed by atoms with Crippen LogP contribution in [-0.2, 0) is 10.2 Å². The van der Waals surface area contributed by atoms with Crippen molar-refractivity contribution in [2.45, 2.75) is 33.1 Å². The molecule has 4 nitrogen and oxygen atoms in total. The van der Waals surface area contributed by atoms with E-state index in [1.54, 1.807) is 6.07 Å². The van der Waals surface area contributed by atoms with Crippen molar-refractivity contribution in [2.24, 2.45) is 0 Å². The van der Waals surface area contributed by atoms with Gasteiger partial charge in [0.1, 0.15) is 18.1 Å². The maximum absolute atomic E-state index is 12.3. The molecule has 2 aromatic carbocycles. The lowest BCUT2D eigenvalue weighted by Crippen LogP contribution is -2.22. The number of rotatable bonds is 7. The smallest absolute Gasteiger partial charge is 0.262 e. The zero-order valence-electron chi connectivity index (χ0n) is 16.3. The summed E-state index contributed by atoms with van der Waals surface area (Å²) in [5.74, 6) is 1.16. The van der Waals surface area contributed by atoms with Crippen molar-refractivity contribution < 1.29 is 14.3 Å². The Kier molecular flexibility index (Phi) is 7.08. The molecule has 0 unspecified atom stereocenters. The molecule has 144 valence electrons. The first-order valence-corrected chi connectivity index (χ1v) is 9.54. The molecule has 0 atom stereocenters. The quantitative estimate of drug-likeness (QED) is 0.570.